The number of phenols is 1. The van der Waals surface area contributed by atoms with Crippen molar-refractivity contribution < 1.29 is 28.6 Å². The number of hydrogen-bond acceptors (Lipinski definition) is 8. The number of phenolic OH excluding ortho intramolecular Hbond substituents is 1. The van der Waals surface area contributed by atoms with Crippen LogP contribution in [0.25, 0.3) is 11.0 Å². The van der Waals surface area contributed by atoms with Crippen molar-refractivity contribution in [2.75, 3.05) is 6.61 Å². The number of fused-ring (bicyclic) bond motifs is 1. The van der Waals surface area contributed by atoms with Crippen LogP contribution in [0.1, 0.15) is 25.8 Å². The van der Waals surface area contributed by atoms with Gasteiger partial charge >= 0.3 is 11.6 Å². The molecule has 26 heavy (non-hydrogen) atoms. The van der Waals surface area contributed by atoms with Crippen LogP contribution in [-0.4, -0.2) is 30.2 Å². The average molecular weight is 430 g/mol. The summed E-state index contributed by atoms with van der Waals surface area (Å²) in [6.07, 6.45) is 0.638. The lowest BCUT2D eigenvalue weighted by Crippen LogP contribution is -2.31. The predicted octanol–water partition coefficient (Wildman–Crippen LogP) is 2.22. The van der Waals surface area contributed by atoms with E-state index in [-0.39, 0.29) is 23.9 Å². The summed E-state index contributed by atoms with van der Waals surface area (Å²) in [5.74, 6) is -0.339. The van der Waals surface area contributed by atoms with Crippen molar-refractivity contribution in [3.8, 4) is 5.75 Å². The number of esters is 1. The molecule has 1 heterocycles. The monoisotopic (exact) mass is 429 g/mol. The number of ether oxygens (including phenoxy) is 2. The number of nitrogens with two attached hydrogens (primary N) is 1. The summed E-state index contributed by atoms with van der Waals surface area (Å²) in [4.78, 5) is 32.0. The fraction of sp³-hybridized carbons (Fsp3) is 0.353. The van der Waals surface area contributed by atoms with Gasteiger partial charge in [-0.2, -0.15) is 0 Å². The average Bonchev–Trinajstić information content (AvgIpc) is 2.61. The molecule has 0 fully saturated rings. The first-order valence-corrected chi connectivity index (χ1v) is 8.56. The van der Waals surface area contributed by atoms with E-state index >= 15 is 0 Å². The summed E-state index contributed by atoms with van der Waals surface area (Å²) < 4.78 is 14.6. The van der Waals surface area contributed by atoms with Crippen molar-refractivity contribution in [1.82, 2.24) is 0 Å². The SMILES string of the molecule is CCOC(=O)C(N)CC.O=COCc1cc(=O)oc2cc(O)c(Br)cc12. The second-order valence-electron chi connectivity index (χ2n) is 5.06. The number of carbonyl (C=O) groups is 2. The zero-order chi connectivity index (χ0) is 19.7. The molecular formula is C17H20BrNO7. The molecule has 1 atom stereocenters. The maximum absolute atomic E-state index is 11.3. The van der Waals surface area contributed by atoms with Gasteiger partial charge in [-0.25, -0.2) is 4.79 Å². The van der Waals surface area contributed by atoms with Crippen molar-refractivity contribution in [3.05, 3.63) is 38.7 Å². The maximum atomic E-state index is 11.3. The third kappa shape index (κ3) is 6.16. The second kappa shape index (κ2) is 10.6. The van der Waals surface area contributed by atoms with E-state index in [4.69, 9.17) is 10.2 Å². The van der Waals surface area contributed by atoms with Gasteiger partial charge in [-0.15, -0.1) is 0 Å². The molecule has 9 heteroatoms. The van der Waals surface area contributed by atoms with E-state index in [9.17, 15) is 19.5 Å². The molecule has 1 aromatic heterocycles. The Balaban J connectivity index is 0.000000321. The van der Waals surface area contributed by atoms with Crippen molar-refractivity contribution in [2.45, 2.75) is 32.9 Å². The Hall–Kier alpha value is -2.39. The van der Waals surface area contributed by atoms with Crippen molar-refractivity contribution in [3.63, 3.8) is 0 Å². The van der Waals surface area contributed by atoms with Gasteiger partial charge in [0.15, 0.2) is 0 Å². The van der Waals surface area contributed by atoms with Crippen LogP contribution in [0.15, 0.2) is 31.9 Å². The van der Waals surface area contributed by atoms with E-state index in [1.807, 2.05) is 6.92 Å². The Morgan fingerprint density at radius 2 is 2.08 bits per heavy atom. The van der Waals surface area contributed by atoms with Gasteiger partial charge in [0, 0.05) is 23.1 Å². The Kier molecular flexibility index (Phi) is 8.80. The van der Waals surface area contributed by atoms with Crippen LogP contribution in [0.2, 0.25) is 0 Å². The molecule has 1 unspecified atom stereocenters. The zero-order valence-electron chi connectivity index (χ0n) is 14.4. The van der Waals surface area contributed by atoms with E-state index in [0.717, 1.165) is 0 Å². The molecule has 0 amide bonds. The molecule has 0 spiro atoms. The van der Waals surface area contributed by atoms with Gasteiger partial charge in [0.1, 0.15) is 24.0 Å². The lowest BCUT2D eigenvalue weighted by Gasteiger charge is -2.05. The molecule has 8 nitrogen and oxygen atoms in total. The Morgan fingerprint density at radius 3 is 2.65 bits per heavy atom. The van der Waals surface area contributed by atoms with Crippen molar-refractivity contribution >= 4 is 39.3 Å². The molecule has 0 saturated heterocycles. The molecule has 3 N–H and O–H groups in total. The minimum Gasteiger partial charge on any atom is -0.507 e. The Labute approximate surface area is 158 Å². The molecule has 0 aliphatic heterocycles. The summed E-state index contributed by atoms with van der Waals surface area (Å²) in [5, 5.41) is 10.1. The molecular weight excluding hydrogens is 410 g/mol. The molecule has 0 saturated carbocycles. The summed E-state index contributed by atoms with van der Waals surface area (Å²) in [7, 11) is 0. The van der Waals surface area contributed by atoms with Crippen LogP contribution in [0.3, 0.4) is 0 Å². The summed E-state index contributed by atoms with van der Waals surface area (Å²) in [6, 6.07) is 3.72. The van der Waals surface area contributed by atoms with Gasteiger partial charge in [0.25, 0.3) is 6.47 Å². The highest BCUT2D eigenvalue weighted by atomic mass is 79.9. The third-order valence-corrected chi connectivity index (χ3v) is 3.87. The smallest absolute Gasteiger partial charge is 0.336 e. The van der Waals surface area contributed by atoms with Crippen LogP contribution in [0, 0.1) is 0 Å². The van der Waals surface area contributed by atoms with Gasteiger partial charge in [-0.3, -0.25) is 9.59 Å². The number of benzene rings is 1. The second-order valence-corrected chi connectivity index (χ2v) is 5.92. The summed E-state index contributed by atoms with van der Waals surface area (Å²) in [6.45, 7) is 4.30. The van der Waals surface area contributed by atoms with Crippen LogP contribution >= 0.6 is 15.9 Å². The molecule has 1 aromatic carbocycles. The number of halogens is 1. The molecule has 0 radical (unpaired) electrons. The van der Waals surface area contributed by atoms with Crippen LogP contribution in [0.5, 0.6) is 5.75 Å². The van der Waals surface area contributed by atoms with E-state index in [0.29, 0.717) is 34.9 Å². The van der Waals surface area contributed by atoms with Gasteiger partial charge in [0.2, 0.25) is 0 Å². The van der Waals surface area contributed by atoms with E-state index in [1.165, 1.54) is 12.1 Å². The standard InChI is InChI=1S/C11H7BrO5.C6H13NO2/c12-8-2-7-6(4-16-5-13)1-11(15)17-10(7)3-9(8)14;1-3-5(7)6(8)9-4-2/h1-3,5,14H,4H2;5H,3-4,7H2,1-2H3. The fourth-order valence-electron chi connectivity index (χ4n) is 1.90. The largest absolute Gasteiger partial charge is 0.507 e. The van der Waals surface area contributed by atoms with E-state index in [2.05, 4.69) is 25.4 Å². The third-order valence-electron chi connectivity index (χ3n) is 3.23. The fourth-order valence-corrected chi connectivity index (χ4v) is 2.24. The first-order chi connectivity index (χ1) is 12.3. The first-order valence-electron chi connectivity index (χ1n) is 7.76. The minimum atomic E-state index is -0.566. The number of aromatic hydroxyl groups is 1. The number of carbonyl (C=O) groups excluding carboxylic acids is 2. The Morgan fingerprint density at radius 1 is 1.38 bits per heavy atom. The van der Waals surface area contributed by atoms with Gasteiger partial charge < -0.3 is 24.7 Å². The summed E-state index contributed by atoms with van der Waals surface area (Å²) in [5.41, 5.74) is 5.52. The lowest BCUT2D eigenvalue weighted by atomic mass is 10.1. The van der Waals surface area contributed by atoms with E-state index < -0.39 is 11.7 Å². The summed E-state index contributed by atoms with van der Waals surface area (Å²) >= 11 is 3.16. The highest BCUT2D eigenvalue weighted by Crippen LogP contribution is 2.30. The van der Waals surface area contributed by atoms with Crippen molar-refractivity contribution in [2.24, 2.45) is 5.73 Å². The lowest BCUT2D eigenvalue weighted by molar-refractivity contribution is -0.144. The molecule has 2 aromatic rings. The first kappa shape index (κ1) is 21.7. The van der Waals surface area contributed by atoms with Crippen LogP contribution in [-0.2, 0) is 25.7 Å². The van der Waals surface area contributed by atoms with Crippen LogP contribution in [0.4, 0.5) is 0 Å². The van der Waals surface area contributed by atoms with Crippen LogP contribution < -0.4 is 11.4 Å². The zero-order valence-corrected chi connectivity index (χ0v) is 15.9. The number of hydrogen-bond donors (Lipinski definition) is 2. The highest BCUT2D eigenvalue weighted by Gasteiger charge is 2.10. The normalized spacial score (nSPS) is 11.2. The highest BCUT2D eigenvalue weighted by molar-refractivity contribution is 9.10. The molecule has 0 aliphatic carbocycles. The predicted molar refractivity (Wildman–Crippen MR) is 97.6 cm³/mol. The van der Waals surface area contributed by atoms with Gasteiger partial charge in [0.05, 0.1) is 11.1 Å². The molecule has 2 rings (SSSR count). The Bertz CT molecular complexity index is 819. The van der Waals surface area contributed by atoms with Gasteiger partial charge in [-0.05, 0) is 35.3 Å². The van der Waals surface area contributed by atoms with Gasteiger partial charge in [-0.1, -0.05) is 6.92 Å². The maximum Gasteiger partial charge on any atom is 0.336 e. The molecule has 142 valence electrons. The molecule has 0 aliphatic rings. The van der Waals surface area contributed by atoms with Crippen molar-refractivity contribution in [1.29, 1.82) is 0 Å². The topological polar surface area (TPSA) is 129 Å². The van der Waals surface area contributed by atoms with E-state index in [1.54, 1.807) is 13.0 Å². The molecule has 0 bridgehead atoms. The number of rotatable bonds is 6. The minimum absolute atomic E-state index is 0.0250. The quantitative estimate of drug-likeness (QED) is 0.406.